The van der Waals surface area contributed by atoms with Crippen molar-refractivity contribution in [2.75, 3.05) is 23.7 Å². The molecular weight excluding hydrogens is 286 g/mol. The lowest BCUT2D eigenvalue weighted by Gasteiger charge is -2.28. The second-order valence-corrected chi connectivity index (χ2v) is 6.11. The molecule has 0 spiro atoms. The highest BCUT2D eigenvalue weighted by molar-refractivity contribution is 7.18. The molecule has 1 aliphatic rings. The Bertz CT molecular complexity index is 648. The molecule has 0 saturated carbocycles. The predicted molar refractivity (Wildman–Crippen MR) is 84.6 cm³/mol. The van der Waals surface area contributed by atoms with Gasteiger partial charge in [0, 0.05) is 32.0 Å². The lowest BCUT2D eigenvalue weighted by Crippen LogP contribution is -2.33. The van der Waals surface area contributed by atoms with Crippen LogP contribution in [0.2, 0.25) is 0 Å². The summed E-state index contributed by atoms with van der Waals surface area (Å²) in [6, 6.07) is 1.89. The molecule has 0 radical (unpaired) electrons. The highest BCUT2D eigenvalue weighted by atomic mass is 32.1. The number of anilines is 2. The maximum Gasteiger partial charge on any atom is 0.263 e. The number of nitrogens with one attached hydrogen (secondary N) is 1. The normalized spacial score (nSPS) is 14.0. The number of aromatic nitrogens is 2. The van der Waals surface area contributed by atoms with Crippen molar-refractivity contribution in [2.24, 2.45) is 0 Å². The largest absolute Gasteiger partial charge is 0.397 e. The van der Waals surface area contributed by atoms with Gasteiger partial charge in [-0.1, -0.05) is 6.92 Å². The molecule has 7 heteroatoms. The van der Waals surface area contributed by atoms with Gasteiger partial charge in [0.05, 0.1) is 17.2 Å². The van der Waals surface area contributed by atoms with E-state index in [9.17, 15) is 4.79 Å². The standard InChI is InChI=1S/C14H19N5OS/c1-2-3-17-14(20)13-10(15)8-12(21-13)19-7-6-18-5-4-16-11(18)9-19/h4-5,8H,2-3,6-7,9,15H2,1H3,(H,17,20). The Balaban J connectivity index is 1.77. The third-order valence-corrected chi connectivity index (χ3v) is 4.76. The number of hydrogen-bond donors (Lipinski definition) is 2. The van der Waals surface area contributed by atoms with E-state index in [0.29, 0.717) is 17.1 Å². The van der Waals surface area contributed by atoms with E-state index in [1.54, 1.807) is 0 Å². The Morgan fingerprint density at radius 2 is 2.38 bits per heavy atom. The lowest BCUT2D eigenvalue weighted by molar-refractivity contribution is 0.0958. The van der Waals surface area contributed by atoms with Gasteiger partial charge in [0.15, 0.2) is 0 Å². The van der Waals surface area contributed by atoms with Crippen LogP contribution in [0, 0.1) is 0 Å². The molecule has 0 bridgehead atoms. The van der Waals surface area contributed by atoms with E-state index in [1.165, 1.54) is 11.3 Å². The Morgan fingerprint density at radius 1 is 1.52 bits per heavy atom. The first-order valence-corrected chi connectivity index (χ1v) is 7.93. The quantitative estimate of drug-likeness (QED) is 0.901. The molecule has 3 heterocycles. The predicted octanol–water partition coefficient (Wildman–Crippen LogP) is 1.69. The van der Waals surface area contributed by atoms with Crippen LogP contribution in [-0.4, -0.2) is 28.5 Å². The van der Waals surface area contributed by atoms with Crippen molar-refractivity contribution in [3.8, 4) is 0 Å². The first-order valence-electron chi connectivity index (χ1n) is 7.11. The van der Waals surface area contributed by atoms with Crippen molar-refractivity contribution < 1.29 is 4.79 Å². The molecule has 0 atom stereocenters. The van der Waals surface area contributed by atoms with Crippen LogP contribution < -0.4 is 16.0 Å². The van der Waals surface area contributed by atoms with Crippen LogP contribution in [0.3, 0.4) is 0 Å². The summed E-state index contributed by atoms with van der Waals surface area (Å²) in [5, 5.41) is 3.90. The fraction of sp³-hybridized carbons (Fsp3) is 0.429. The zero-order valence-electron chi connectivity index (χ0n) is 12.0. The Labute approximate surface area is 127 Å². The minimum atomic E-state index is -0.0795. The SMILES string of the molecule is CCCNC(=O)c1sc(N2CCn3ccnc3C2)cc1N. The zero-order chi connectivity index (χ0) is 14.8. The summed E-state index contributed by atoms with van der Waals surface area (Å²) in [5.74, 6) is 0.967. The van der Waals surface area contributed by atoms with E-state index < -0.39 is 0 Å². The number of imidazole rings is 1. The van der Waals surface area contributed by atoms with Crippen molar-refractivity contribution in [3.05, 3.63) is 29.2 Å². The minimum Gasteiger partial charge on any atom is -0.397 e. The van der Waals surface area contributed by atoms with Crippen LogP contribution in [0.25, 0.3) is 0 Å². The van der Waals surface area contributed by atoms with Crippen molar-refractivity contribution in [2.45, 2.75) is 26.4 Å². The molecule has 0 unspecified atom stereocenters. The summed E-state index contributed by atoms with van der Waals surface area (Å²) in [6.07, 6.45) is 4.74. The number of nitrogen functional groups attached to an aromatic ring is 1. The van der Waals surface area contributed by atoms with Crippen molar-refractivity contribution in [1.29, 1.82) is 0 Å². The highest BCUT2D eigenvalue weighted by Crippen LogP contribution is 2.33. The van der Waals surface area contributed by atoms with Gasteiger partial charge in [-0.05, 0) is 12.5 Å². The van der Waals surface area contributed by atoms with Crippen LogP contribution in [0.4, 0.5) is 10.7 Å². The van der Waals surface area contributed by atoms with Gasteiger partial charge in [-0.3, -0.25) is 4.79 Å². The van der Waals surface area contributed by atoms with Gasteiger partial charge in [-0.2, -0.15) is 0 Å². The van der Waals surface area contributed by atoms with Gasteiger partial charge in [0.25, 0.3) is 5.91 Å². The maximum absolute atomic E-state index is 12.1. The van der Waals surface area contributed by atoms with Crippen LogP contribution in [0.15, 0.2) is 18.5 Å². The molecular formula is C14H19N5OS. The van der Waals surface area contributed by atoms with E-state index in [-0.39, 0.29) is 5.91 Å². The molecule has 3 rings (SSSR count). The van der Waals surface area contributed by atoms with E-state index in [0.717, 1.165) is 36.9 Å². The van der Waals surface area contributed by atoms with Crippen LogP contribution in [0.1, 0.15) is 28.8 Å². The topological polar surface area (TPSA) is 76.2 Å². The monoisotopic (exact) mass is 305 g/mol. The van der Waals surface area contributed by atoms with Gasteiger partial charge in [-0.25, -0.2) is 4.98 Å². The van der Waals surface area contributed by atoms with Crippen molar-refractivity contribution in [3.63, 3.8) is 0 Å². The van der Waals surface area contributed by atoms with Crippen LogP contribution >= 0.6 is 11.3 Å². The van der Waals surface area contributed by atoms with Gasteiger partial charge < -0.3 is 20.5 Å². The molecule has 0 fully saturated rings. The second-order valence-electron chi connectivity index (χ2n) is 5.08. The first kappa shape index (κ1) is 13.9. The molecule has 2 aromatic rings. The van der Waals surface area contributed by atoms with E-state index in [2.05, 4.69) is 19.8 Å². The number of nitrogens with two attached hydrogens (primary N) is 1. The summed E-state index contributed by atoms with van der Waals surface area (Å²) >= 11 is 1.45. The Kier molecular flexibility index (Phi) is 3.83. The molecule has 0 saturated heterocycles. The van der Waals surface area contributed by atoms with Gasteiger partial charge >= 0.3 is 0 Å². The Morgan fingerprint density at radius 3 is 3.19 bits per heavy atom. The van der Waals surface area contributed by atoms with E-state index >= 15 is 0 Å². The van der Waals surface area contributed by atoms with Crippen LogP contribution in [0.5, 0.6) is 0 Å². The summed E-state index contributed by atoms with van der Waals surface area (Å²) in [4.78, 5) is 19.2. The number of hydrogen-bond acceptors (Lipinski definition) is 5. The number of nitrogens with zero attached hydrogens (tertiary/aromatic N) is 3. The summed E-state index contributed by atoms with van der Waals surface area (Å²) < 4.78 is 2.16. The molecule has 3 N–H and O–H groups in total. The molecule has 0 aromatic carbocycles. The van der Waals surface area contributed by atoms with Crippen molar-refractivity contribution >= 4 is 27.9 Å². The third-order valence-electron chi connectivity index (χ3n) is 3.55. The molecule has 1 aliphatic heterocycles. The van der Waals surface area contributed by atoms with Gasteiger partial charge in [0.2, 0.25) is 0 Å². The van der Waals surface area contributed by atoms with Crippen molar-refractivity contribution in [1.82, 2.24) is 14.9 Å². The van der Waals surface area contributed by atoms with Crippen LogP contribution in [-0.2, 0) is 13.1 Å². The molecule has 0 aliphatic carbocycles. The minimum absolute atomic E-state index is 0.0795. The highest BCUT2D eigenvalue weighted by Gasteiger charge is 2.21. The lowest BCUT2D eigenvalue weighted by atomic mass is 10.3. The second kappa shape index (κ2) is 5.77. The number of amides is 1. The summed E-state index contributed by atoms with van der Waals surface area (Å²) in [6.45, 7) is 5.26. The number of thiophene rings is 1. The average molecular weight is 305 g/mol. The number of rotatable bonds is 4. The molecule has 21 heavy (non-hydrogen) atoms. The van der Waals surface area contributed by atoms with Gasteiger partial charge in [0.1, 0.15) is 10.7 Å². The zero-order valence-corrected chi connectivity index (χ0v) is 12.8. The molecule has 6 nitrogen and oxygen atoms in total. The summed E-state index contributed by atoms with van der Waals surface area (Å²) in [7, 11) is 0. The molecule has 1 amide bonds. The smallest absolute Gasteiger partial charge is 0.263 e. The molecule has 2 aromatic heterocycles. The number of fused-ring (bicyclic) bond motifs is 1. The average Bonchev–Trinajstić information content (AvgIpc) is 3.10. The third kappa shape index (κ3) is 2.73. The first-order chi connectivity index (χ1) is 10.2. The Hall–Kier alpha value is -2.02. The fourth-order valence-corrected chi connectivity index (χ4v) is 3.43. The van der Waals surface area contributed by atoms with E-state index in [1.807, 2.05) is 25.4 Å². The number of carbonyl (C=O) groups is 1. The van der Waals surface area contributed by atoms with E-state index in [4.69, 9.17) is 5.73 Å². The summed E-state index contributed by atoms with van der Waals surface area (Å²) in [5.41, 5.74) is 6.55. The molecule has 112 valence electrons. The number of carbonyl (C=O) groups excluding carboxylic acids is 1. The maximum atomic E-state index is 12.1. The fourth-order valence-electron chi connectivity index (χ4n) is 2.41. The van der Waals surface area contributed by atoms with Gasteiger partial charge in [-0.15, -0.1) is 11.3 Å².